The van der Waals surface area contributed by atoms with E-state index in [2.05, 4.69) is 18.2 Å². The van der Waals surface area contributed by atoms with Crippen molar-refractivity contribution in [1.82, 2.24) is 0 Å². The first kappa shape index (κ1) is 26.6. The number of rotatable bonds is 5. The number of para-hydroxylation sites is 1. The van der Waals surface area contributed by atoms with E-state index in [4.69, 9.17) is 22.1 Å². The van der Waals surface area contributed by atoms with Crippen molar-refractivity contribution in [1.29, 1.82) is 5.26 Å². The summed E-state index contributed by atoms with van der Waals surface area (Å²) >= 11 is 6.12. The number of ether oxygens (including phenoxy) is 1. The molecule has 0 radical (unpaired) electrons. The van der Waals surface area contributed by atoms with E-state index >= 15 is 0 Å². The maximum Gasteiger partial charge on any atom is 0.161 e. The minimum Gasteiger partial charge on any atom is -0.489 e. The Morgan fingerprint density at radius 3 is 2.54 bits per heavy atom. The van der Waals surface area contributed by atoms with Crippen LogP contribution in [-0.2, 0) is 11.4 Å². The number of aryl methyl sites for hydroxylation is 3. The summed E-state index contributed by atoms with van der Waals surface area (Å²) < 4.78 is 6.20. The SMILES string of the molecule is Cc1cc(COc2ccc(Cl)cc2C)c(C)c(C2C(C#N)=C(N)N(c3ccccc3C)C3=C2C(=O)CCC3)c1. The number of nitrogens with two attached hydrogens (primary N) is 1. The summed E-state index contributed by atoms with van der Waals surface area (Å²) in [6.07, 6.45) is 1.95. The molecule has 1 heterocycles. The van der Waals surface area contributed by atoms with Crippen LogP contribution in [-0.4, -0.2) is 5.78 Å². The normalized spacial score (nSPS) is 17.3. The smallest absolute Gasteiger partial charge is 0.161 e. The van der Waals surface area contributed by atoms with E-state index in [0.29, 0.717) is 35.0 Å². The number of benzene rings is 3. The molecule has 0 saturated heterocycles. The van der Waals surface area contributed by atoms with Gasteiger partial charge in [-0.15, -0.1) is 0 Å². The summed E-state index contributed by atoms with van der Waals surface area (Å²) in [4.78, 5) is 15.5. The van der Waals surface area contributed by atoms with Gasteiger partial charge in [0, 0.05) is 22.7 Å². The molecule has 1 atom stereocenters. The molecule has 5 rings (SSSR count). The van der Waals surface area contributed by atoms with Gasteiger partial charge in [0.25, 0.3) is 0 Å². The summed E-state index contributed by atoms with van der Waals surface area (Å²) in [6, 6.07) is 20.1. The second kappa shape index (κ2) is 10.6. The van der Waals surface area contributed by atoms with Crippen LogP contribution in [0.5, 0.6) is 5.75 Å². The predicted octanol–water partition coefficient (Wildman–Crippen LogP) is 7.46. The fourth-order valence-corrected chi connectivity index (χ4v) is 6.06. The van der Waals surface area contributed by atoms with E-state index in [9.17, 15) is 10.1 Å². The summed E-state index contributed by atoms with van der Waals surface area (Å²) in [5.74, 6) is 0.716. The third kappa shape index (κ3) is 4.82. The Morgan fingerprint density at radius 2 is 1.82 bits per heavy atom. The van der Waals surface area contributed by atoms with Crippen LogP contribution in [0.2, 0.25) is 5.02 Å². The molecule has 0 fully saturated rings. The first-order valence-electron chi connectivity index (χ1n) is 13.2. The molecule has 1 unspecified atom stereocenters. The Balaban J connectivity index is 1.64. The standard InChI is InChI=1S/C33H32ClN3O2/c1-19-14-23(18-39-30-13-12-24(34)16-21(30)3)22(4)25(15-19)31-26(17-35)33(36)37(27-9-6-5-8-20(27)2)28-10-7-11-29(38)32(28)31/h5-6,8-9,12-16,31H,7,10-11,18,36H2,1-4H3. The van der Waals surface area contributed by atoms with Gasteiger partial charge in [-0.1, -0.05) is 47.5 Å². The first-order valence-corrected chi connectivity index (χ1v) is 13.6. The average molecular weight is 538 g/mol. The lowest BCUT2D eigenvalue weighted by Gasteiger charge is -2.40. The third-order valence-corrected chi connectivity index (χ3v) is 8.04. The number of carbonyl (C=O) groups is 1. The zero-order valence-electron chi connectivity index (χ0n) is 22.8. The number of hydrogen-bond acceptors (Lipinski definition) is 5. The van der Waals surface area contributed by atoms with Crippen molar-refractivity contribution in [2.45, 2.75) is 59.5 Å². The number of allylic oxidation sites excluding steroid dienone is 3. The Labute approximate surface area is 235 Å². The summed E-state index contributed by atoms with van der Waals surface area (Å²) in [7, 11) is 0. The Morgan fingerprint density at radius 1 is 1.05 bits per heavy atom. The van der Waals surface area contributed by atoms with Gasteiger partial charge < -0.3 is 10.5 Å². The van der Waals surface area contributed by atoms with E-state index in [1.165, 1.54) is 0 Å². The molecule has 0 spiro atoms. The lowest BCUT2D eigenvalue weighted by atomic mass is 9.73. The Kier molecular flexibility index (Phi) is 7.25. The molecule has 0 amide bonds. The van der Waals surface area contributed by atoms with Crippen LogP contribution in [0.15, 0.2) is 77.3 Å². The third-order valence-electron chi connectivity index (χ3n) is 7.80. The van der Waals surface area contributed by atoms with Crippen molar-refractivity contribution < 1.29 is 9.53 Å². The first-order chi connectivity index (χ1) is 18.7. The van der Waals surface area contributed by atoms with Crippen molar-refractivity contribution in [3.8, 4) is 11.8 Å². The van der Waals surface area contributed by atoms with Gasteiger partial charge in [-0.05, 0) is 92.6 Å². The molecule has 39 heavy (non-hydrogen) atoms. The molecule has 6 heteroatoms. The van der Waals surface area contributed by atoms with Crippen LogP contribution >= 0.6 is 11.6 Å². The molecule has 1 aliphatic heterocycles. The van der Waals surface area contributed by atoms with Gasteiger partial charge in [0.2, 0.25) is 0 Å². The van der Waals surface area contributed by atoms with Crippen LogP contribution in [0.1, 0.15) is 58.6 Å². The monoisotopic (exact) mass is 537 g/mol. The summed E-state index contributed by atoms with van der Waals surface area (Å²) in [6.45, 7) is 8.40. The Bertz CT molecular complexity index is 1590. The molecule has 0 bridgehead atoms. The van der Waals surface area contributed by atoms with E-state index in [1.807, 2.05) is 75.1 Å². The summed E-state index contributed by atoms with van der Waals surface area (Å²) in [5, 5.41) is 11.1. The number of Topliss-reactive ketones (excluding diaryl/α,β-unsaturated/α-hetero) is 1. The van der Waals surface area contributed by atoms with E-state index in [0.717, 1.165) is 63.4 Å². The molecular weight excluding hydrogens is 506 g/mol. The number of nitrogens with zero attached hydrogens (tertiary/aromatic N) is 2. The number of ketones is 1. The topological polar surface area (TPSA) is 79.3 Å². The van der Waals surface area contributed by atoms with Gasteiger partial charge in [0.1, 0.15) is 18.2 Å². The second-order valence-corrected chi connectivity index (χ2v) is 10.9. The number of halogens is 1. The van der Waals surface area contributed by atoms with Crippen molar-refractivity contribution in [2.24, 2.45) is 5.73 Å². The molecule has 3 aromatic rings. The lowest BCUT2D eigenvalue weighted by Crippen LogP contribution is -2.39. The Hall–Kier alpha value is -4.01. The van der Waals surface area contributed by atoms with E-state index in [1.54, 1.807) is 0 Å². The molecular formula is C33H32ClN3O2. The largest absolute Gasteiger partial charge is 0.489 e. The van der Waals surface area contributed by atoms with Crippen molar-refractivity contribution >= 4 is 23.1 Å². The van der Waals surface area contributed by atoms with Gasteiger partial charge in [0.15, 0.2) is 5.78 Å². The van der Waals surface area contributed by atoms with E-state index in [-0.39, 0.29) is 5.78 Å². The number of hydrogen-bond donors (Lipinski definition) is 1. The fraction of sp³-hybridized carbons (Fsp3) is 0.273. The summed E-state index contributed by atoms with van der Waals surface area (Å²) in [5.41, 5.74) is 15.6. The van der Waals surface area contributed by atoms with E-state index < -0.39 is 5.92 Å². The highest BCUT2D eigenvalue weighted by atomic mass is 35.5. The fourth-order valence-electron chi connectivity index (χ4n) is 5.83. The van der Waals surface area contributed by atoms with Gasteiger partial charge in [-0.2, -0.15) is 5.26 Å². The highest BCUT2D eigenvalue weighted by molar-refractivity contribution is 6.30. The van der Waals surface area contributed by atoms with Crippen LogP contribution < -0.4 is 15.4 Å². The van der Waals surface area contributed by atoms with Gasteiger partial charge in [-0.3, -0.25) is 9.69 Å². The van der Waals surface area contributed by atoms with Crippen molar-refractivity contribution in [2.75, 3.05) is 4.90 Å². The molecule has 1 aliphatic carbocycles. The molecule has 5 nitrogen and oxygen atoms in total. The lowest BCUT2D eigenvalue weighted by molar-refractivity contribution is -0.116. The zero-order chi connectivity index (χ0) is 27.8. The molecule has 198 valence electrons. The highest BCUT2D eigenvalue weighted by Crippen LogP contribution is 2.48. The molecule has 3 aromatic carbocycles. The van der Waals surface area contributed by atoms with Gasteiger partial charge in [0.05, 0.1) is 23.2 Å². The maximum atomic E-state index is 13.6. The van der Waals surface area contributed by atoms with Gasteiger partial charge >= 0.3 is 0 Å². The van der Waals surface area contributed by atoms with Crippen LogP contribution in [0.3, 0.4) is 0 Å². The average Bonchev–Trinajstić information content (AvgIpc) is 2.90. The zero-order valence-corrected chi connectivity index (χ0v) is 23.5. The molecule has 0 aromatic heterocycles. The minimum atomic E-state index is -0.519. The van der Waals surface area contributed by atoms with Gasteiger partial charge in [-0.25, -0.2) is 0 Å². The highest BCUT2D eigenvalue weighted by Gasteiger charge is 2.41. The predicted molar refractivity (Wildman–Crippen MR) is 156 cm³/mol. The second-order valence-electron chi connectivity index (χ2n) is 10.4. The minimum absolute atomic E-state index is 0.0792. The number of nitriles is 1. The van der Waals surface area contributed by atoms with Crippen molar-refractivity contribution in [3.63, 3.8) is 0 Å². The molecule has 2 aliphatic rings. The quantitative estimate of drug-likeness (QED) is 0.365. The van der Waals surface area contributed by atoms with Crippen LogP contribution in [0, 0.1) is 39.0 Å². The van der Waals surface area contributed by atoms with Crippen molar-refractivity contribution in [3.05, 3.63) is 116 Å². The van der Waals surface area contributed by atoms with Crippen LogP contribution in [0.25, 0.3) is 0 Å². The molecule has 2 N–H and O–H groups in total. The number of anilines is 1. The van der Waals surface area contributed by atoms with Crippen LogP contribution in [0.4, 0.5) is 5.69 Å². The number of carbonyl (C=O) groups excluding carboxylic acids is 1. The maximum absolute atomic E-state index is 13.6. The molecule has 0 saturated carbocycles.